The molecule has 1 aliphatic rings. The van der Waals surface area contributed by atoms with Crippen LogP contribution in [0.25, 0.3) is 22.2 Å². The molecule has 5 heteroatoms. The van der Waals surface area contributed by atoms with E-state index in [1.807, 2.05) is 12.1 Å². The van der Waals surface area contributed by atoms with Crippen LogP contribution in [0, 0.1) is 0 Å². The summed E-state index contributed by atoms with van der Waals surface area (Å²) in [6, 6.07) is 14.0. The molecule has 4 rings (SSSR count). The van der Waals surface area contributed by atoms with Gasteiger partial charge in [0.15, 0.2) is 0 Å². The Bertz CT molecular complexity index is 916. The molecule has 1 saturated heterocycles. The molecule has 5 nitrogen and oxygen atoms in total. The fraction of sp³-hybridized carbons (Fsp3) is 0.250. The van der Waals surface area contributed by atoms with Gasteiger partial charge in [-0.05, 0) is 37.4 Å². The van der Waals surface area contributed by atoms with Crippen LogP contribution in [0.1, 0.15) is 10.4 Å². The molecule has 1 fully saturated rings. The highest BCUT2D eigenvalue weighted by Crippen LogP contribution is 2.29. The zero-order chi connectivity index (χ0) is 17.2. The van der Waals surface area contributed by atoms with Crippen molar-refractivity contribution < 1.29 is 4.79 Å². The van der Waals surface area contributed by atoms with E-state index in [2.05, 4.69) is 51.1 Å². The molecule has 25 heavy (non-hydrogen) atoms. The SMILES string of the molecule is CN1CCN(c2cccc(-c3ncnc4ccc(C=O)cc34)c2)CC1. The second-order valence-electron chi connectivity index (χ2n) is 6.46. The van der Waals surface area contributed by atoms with Crippen molar-refractivity contribution in [3.8, 4) is 11.3 Å². The number of benzene rings is 2. The minimum Gasteiger partial charge on any atom is -0.369 e. The van der Waals surface area contributed by atoms with Gasteiger partial charge in [-0.2, -0.15) is 0 Å². The number of aromatic nitrogens is 2. The first-order valence-electron chi connectivity index (χ1n) is 8.48. The molecule has 0 bridgehead atoms. The van der Waals surface area contributed by atoms with Crippen molar-refractivity contribution in [3.05, 3.63) is 54.4 Å². The molecule has 0 saturated carbocycles. The fourth-order valence-corrected chi connectivity index (χ4v) is 3.29. The second-order valence-corrected chi connectivity index (χ2v) is 6.46. The Labute approximate surface area is 146 Å². The minimum atomic E-state index is 0.638. The molecule has 126 valence electrons. The van der Waals surface area contributed by atoms with Crippen LogP contribution in [-0.2, 0) is 0 Å². The number of carbonyl (C=O) groups excluding carboxylic acids is 1. The lowest BCUT2D eigenvalue weighted by molar-refractivity contribution is 0.112. The van der Waals surface area contributed by atoms with E-state index in [1.54, 1.807) is 12.4 Å². The van der Waals surface area contributed by atoms with Crippen LogP contribution in [0.5, 0.6) is 0 Å². The van der Waals surface area contributed by atoms with E-state index in [1.165, 1.54) is 5.69 Å². The first kappa shape index (κ1) is 15.7. The van der Waals surface area contributed by atoms with Crippen LogP contribution in [0.4, 0.5) is 5.69 Å². The van der Waals surface area contributed by atoms with Gasteiger partial charge < -0.3 is 9.80 Å². The molecular weight excluding hydrogens is 312 g/mol. The molecule has 0 radical (unpaired) electrons. The lowest BCUT2D eigenvalue weighted by Gasteiger charge is -2.34. The Hall–Kier alpha value is -2.79. The van der Waals surface area contributed by atoms with Gasteiger partial charge in [-0.3, -0.25) is 4.79 Å². The molecule has 0 N–H and O–H groups in total. The number of anilines is 1. The molecule has 0 amide bonds. The van der Waals surface area contributed by atoms with Crippen molar-refractivity contribution in [2.45, 2.75) is 0 Å². The molecule has 2 aromatic carbocycles. The number of carbonyl (C=O) groups is 1. The molecule has 1 aliphatic heterocycles. The maximum Gasteiger partial charge on any atom is 0.150 e. The summed E-state index contributed by atoms with van der Waals surface area (Å²) in [5.74, 6) is 0. The quantitative estimate of drug-likeness (QED) is 0.690. The summed E-state index contributed by atoms with van der Waals surface area (Å²) in [5.41, 5.74) is 4.61. The minimum absolute atomic E-state index is 0.638. The van der Waals surface area contributed by atoms with Gasteiger partial charge in [-0.25, -0.2) is 9.97 Å². The number of aldehydes is 1. The topological polar surface area (TPSA) is 49.3 Å². The van der Waals surface area contributed by atoms with Gasteiger partial charge in [0.05, 0.1) is 11.2 Å². The fourth-order valence-electron chi connectivity index (χ4n) is 3.29. The van der Waals surface area contributed by atoms with E-state index in [9.17, 15) is 4.79 Å². The van der Waals surface area contributed by atoms with Gasteiger partial charge in [0.1, 0.15) is 12.6 Å². The Balaban J connectivity index is 1.76. The lowest BCUT2D eigenvalue weighted by atomic mass is 10.0. The molecule has 0 spiro atoms. The van der Waals surface area contributed by atoms with Crippen LogP contribution in [0.3, 0.4) is 0 Å². The Morgan fingerprint density at radius 2 is 1.84 bits per heavy atom. The zero-order valence-corrected chi connectivity index (χ0v) is 14.2. The number of likely N-dealkylation sites (N-methyl/N-ethyl adjacent to an activating group) is 1. The van der Waals surface area contributed by atoms with E-state index in [-0.39, 0.29) is 0 Å². The lowest BCUT2D eigenvalue weighted by Crippen LogP contribution is -2.44. The van der Waals surface area contributed by atoms with Crippen LogP contribution < -0.4 is 4.90 Å². The highest BCUT2D eigenvalue weighted by molar-refractivity contribution is 5.95. The van der Waals surface area contributed by atoms with Crippen molar-refractivity contribution in [2.75, 3.05) is 38.1 Å². The number of nitrogens with zero attached hydrogens (tertiary/aromatic N) is 4. The molecule has 0 unspecified atom stereocenters. The highest BCUT2D eigenvalue weighted by atomic mass is 16.1. The van der Waals surface area contributed by atoms with E-state index < -0.39 is 0 Å². The maximum atomic E-state index is 11.1. The van der Waals surface area contributed by atoms with Crippen LogP contribution >= 0.6 is 0 Å². The van der Waals surface area contributed by atoms with E-state index in [0.29, 0.717) is 5.56 Å². The van der Waals surface area contributed by atoms with Crippen LogP contribution in [-0.4, -0.2) is 54.4 Å². The third kappa shape index (κ3) is 3.10. The van der Waals surface area contributed by atoms with Crippen molar-refractivity contribution in [3.63, 3.8) is 0 Å². The predicted octanol–water partition coefficient (Wildman–Crippen LogP) is 2.86. The smallest absolute Gasteiger partial charge is 0.150 e. The number of fused-ring (bicyclic) bond motifs is 1. The molecule has 0 atom stereocenters. The second kappa shape index (κ2) is 6.61. The average Bonchev–Trinajstić information content (AvgIpc) is 2.67. The Morgan fingerprint density at radius 3 is 2.64 bits per heavy atom. The normalized spacial score (nSPS) is 15.5. The van der Waals surface area contributed by atoms with Crippen molar-refractivity contribution in [1.82, 2.24) is 14.9 Å². The zero-order valence-electron chi connectivity index (χ0n) is 14.2. The maximum absolute atomic E-state index is 11.1. The number of hydrogen-bond donors (Lipinski definition) is 0. The standard InChI is InChI=1S/C20H20N4O/c1-23-7-9-24(10-8-23)17-4-2-3-16(12-17)20-18-11-15(13-25)5-6-19(18)21-14-22-20/h2-6,11-14H,7-10H2,1H3. The third-order valence-corrected chi connectivity index (χ3v) is 4.78. The molecule has 3 aromatic rings. The third-order valence-electron chi connectivity index (χ3n) is 4.78. The molecule has 2 heterocycles. The van der Waals surface area contributed by atoms with Gasteiger partial charge in [0, 0.05) is 48.4 Å². The predicted molar refractivity (Wildman–Crippen MR) is 100 cm³/mol. The van der Waals surface area contributed by atoms with E-state index in [0.717, 1.165) is 54.6 Å². The van der Waals surface area contributed by atoms with Gasteiger partial charge in [-0.15, -0.1) is 0 Å². The Morgan fingerprint density at radius 1 is 1.00 bits per heavy atom. The van der Waals surface area contributed by atoms with Crippen molar-refractivity contribution >= 4 is 22.9 Å². The van der Waals surface area contributed by atoms with E-state index in [4.69, 9.17) is 0 Å². The van der Waals surface area contributed by atoms with Gasteiger partial charge >= 0.3 is 0 Å². The monoisotopic (exact) mass is 332 g/mol. The summed E-state index contributed by atoms with van der Waals surface area (Å²) in [4.78, 5) is 24.7. The van der Waals surface area contributed by atoms with Gasteiger partial charge in [0.25, 0.3) is 0 Å². The van der Waals surface area contributed by atoms with Gasteiger partial charge in [-0.1, -0.05) is 12.1 Å². The van der Waals surface area contributed by atoms with Gasteiger partial charge in [0.2, 0.25) is 0 Å². The summed E-state index contributed by atoms with van der Waals surface area (Å²) in [6.45, 7) is 4.20. The van der Waals surface area contributed by atoms with Crippen LogP contribution in [0.2, 0.25) is 0 Å². The van der Waals surface area contributed by atoms with Crippen LogP contribution in [0.15, 0.2) is 48.8 Å². The largest absolute Gasteiger partial charge is 0.369 e. The summed E-state index contributed by atoms with van der Waals surface area (Å²) < 4.78 is 0. The highest BCUT2D eigenvalue weighted by Gasteiger charge is 2.15. The van der Waals surface area contributed by atoms with Crippen molar-refractivity contribution in [1.29, 1.82) is 0 Å². The summed E-state index contributed by atoms with van der Waals surface area (Å²) in [6.07, 6.45) is 2.44. The number of hydrogen-bond acceptors (Lipinski definition) is 5. The first-order chi connectivity index (χ1) is 12.2. The summed E-state index contributed by atoms with van der Waals surface area (Å²) >= 11 is 0. The number of rotatable bonds is 3. The summed E-state index contributed by atoms with van der Waals surface area (Å²) in [7, 11) is 2.16. The van der Waals surface area contributed by atoms with Crippen molar-refractivity contribution in [2.24, 2.45) is 0 Å². The molecular formula is C20H20N4O. The summed E-state index contributed by atoms with van der Waals surface area (Å²) in [5, 5.41) is 0.905. The van der Waals surface area contributed by atoms with E-state index >= 15 is 0 Å². The average molecular weight is 332 g/mol. The molecule has 1 aromatic heterocycles. The number of piperazine rings is 1. The first-order valence-corrected chi connectivity index (χ1v) is 8.48. The molecule has 0 aliphatic carbocycles. The Kier molecular flexibility index (Phi) is 4.15.